The van der Waals surface area contributed by atoms with Gasteiger partial charge in [-0.1, -0.05) is 6.07 Å². The van der Waals surface area contributed by atoms with Gasteiger partial charge < -0.3 is 24.5 Å². The van der Waals surface area contributed by atoms with Gasteiger partial charge in [0.15, 0.2) is 0 Å². The van der Waals surface area contributed by atoms with Crippen molar-refractivity contribution < 1.29 is 33.0 Å². The third-order valence-corrected chi connectivity index (χ3v) is 5.20. The summed E-state index contributed by atoms with van der Waals surface area (Å²) in [6.07, 6.45) is 1.23. The summed E-state index contributed by atoms with van der Waals surface area (Å²) in [5.74, 6) is -2.96. The number of fused-ring (bicyclic) bond motifs is 1. The number of hydrogen-bond acceptors (Lipinski definition) is 4. The second kappa shape index (κ2) is 7.75. The van der Waals surface area contributed by atoms with E-state index in [2.05, 4.69) is 5.32 Å². The number of halogens is 2. The van der Waals surface area contributed by atoms with Crippen LogP contribution < -0.4 is 14.8 Å². The average molecular weight is 428 g/mol. The number of amides is 1. The molecule has 1 atom stereocenters. The summed E-state index contributed by atoms with van der Waals surface area (Å²) >= 11 is 0. The molecule has 2 aromatic carbocycles. The number of benzene rings is 2. The molecular formula is C22H18F2N2O5. The summed E-state index contributed by atoms with van der Waals surface area (Å²) in [5, 5.41) is 12.3. The number of nitrogens with one attached hydrogen (secondary N) is 1. The van der Waals surface area contributed by atoms with E-state index < -0.39 is 23.5 Å². The molecule has 0 unspecified atom stereocenters. The Labute approximate surface area is 175 Å². The highest BCUT2D eigenvalue weighted by molar-refractivity contribution is 6.04. The molecule has 0 saturated heterocycles. The number of carbonyl (C=O) groups is 2. The molecule has 2 N–H and O–H groups in total. The molecule has 0 radical (unpaired) electrons. The summed E-state index contributed by atoms with van der Waals surface area (Å²) in [7, 11) is 2.97. The Bertz CT molecular complexity index is 1180. The second-order valence-corrected chi connectivity index (χ2v) is 7.02. The summed E-state index contributed by atoms with van der Waals surface area (Å²) in [6.45, 7) is 0. The van der Waals surface area contributed by atoms with E-state index in [4.69, 9.17) is 9.47 Å². The van der Waals surface area contributed by atoms with Crippen LogP contribution in [-0.2, 0) is 4.79 Å². The quantitative estimate of drug-likeness (QED) is 0.643. The van der Waals surface area contributed by atoms with E-state index >= 15 is 0 Å². The topological polar surface area (TPSA) is 89.8 Å². The van der Waals surface area contributed by atoms with Crippen molar-refractivity contribution in [2.45, 2.75) is 12.3 Å². The number of ether oxygens (including phenoxy) is 2. The summed E-state index contributed by atoms with van der Waals surface area (Å²) < 4.78 is 39.9. The van der Waals surface area contributed by atoms with E-state index in [1.807, 2.05) is 0 Å². The molecule has 1 aliphatic rings. The summed E-state index contributed by atoms with van der Waals surface area (Å²) in [6, 6.07) is 7.96. The van der Waals surface area contributed by atoms with E-state index in [0.717, 1.165) is 18.2 Å². The van der Waals surface area contributed by atoms with Crippen molar-refractivity contribution in [3.63, 3.8) is 0 Å². The van der Waals surface area contributed by atoms with Gasteiger partial charge in [0.1, 0.15) is 28.7 Å². The lowest BCUT2D eigenvalue weighted by Crippen LogP contribution is -2.25. The molecule has 1 amide bonds. The molecule has 0 bridgehead atoms. The van der Waals surface area contributed by atoms with Gasteiger partial charge in [0.05, 0.1) is 31.3 Å². The van der Waals surface area contributed by atoms with E-state index in [1.165, 1.54) is 25.0 Å². The third-order valence-electron chi connectivity index (χ3n) is 5.20. The Kier molecular flexibility index (Phi) is 5.10. The van der Waals surface area contributed by atoms with Crippen LogP contribution in [0.1, 0.15) is 34.0 Å². The van der Waals surface area contributed by atoms with Crippen LogP contribution in [-0.4, -0.2) is 35.8 Å². The molecule has 2 heterocycles. The maximum atomic E-state index is 13.9. The maximum absolute atomic E-state index is 13.9. The van der Waals surface area contributed by atoms with Gasteiger partial charge in [-0.2, -0.15) is 0 Å². The van der Waals surface area contributed by atoms with Gasteiger partial charge in [-0.3, -0.25) is 4.79 Å². The molecule has 1 aromatic heterocycles. The average Bonchev–Trinajstić information content (AvgIpc) is 3.11. The van der Waals surface area contributed by atoms with Gasteiger partial charge in [0.2, 0.25) is 5.91 Å². The first-order chi connectivity index (χ1) is 14.8. The molecule has 1 aliphatic heterocycles. The number of nitrogens with zero attached hydrogens (tertiary/aromatic N) is 1. The van der Waals surface area contributed by atoms with E-state index in [0.29, 0.717) is 22.8 Å². The fraction of sp³-hybridized carbons (Fsp3) is 0.182. The Balaban J connectivity index is 2.00. The highest BCUT2D eigenvalue weighted by Crippen LogP contribution is 2.45. The summed E-state index contributed by atoms with van der Waals surface area (Å²) in [4.78, 5) is 24.3. The molecule has 0 saturated carbocycles. The van der Waals surface area contributed by atoms with Crippen LogP contribution in [0.15, 0.2) is 42.6 Å². The Morgan fingerprint density at radius 2 is 1.84 bits per heavy atom. The van der Waals surface area contributed by atoms with Crippen molar-refractivity contribution in [1.82, 2.24) is 4.57 Å². The Hall–Kier alpha value is -3.88. The van der Waals surface area contributed by atoms with E-state index in [-0.39, 0.29) is 29.3 Å². The number of methoxy groups -OCH3 is 2. The molecular weight excluding hydrogens is 410 g/mol. The van der Waals surface area contributed by atoms with Crippen LogP contribution in [0, 0.1) is 11.6 Å². The van der Waals surface area contributed by atoms with E-state index in [1.54, 1.807) is 18.2 Å². The minimum atomic E-state index is -1.28. The lowest BCUT2D eigenvalue weighted by atomic mass is 9.87. The largest absolute Gasteiger partial charge is 0.497 e. The number of carbonyl (C=O) groups excluding carboxylic acids is 1. The van der Waals surface area contributed by atoms with Crippen LogP contribution in [0.4, 0.5) is 14.5 Å². The lowest BCUT2D eigenvalue weighted by Gasteiger charge is -2.27. The number of aromatic nitrogens is 1. The highest BCUT2D eigenvalue weighted by Gasteiger charge is 2.36. The first-order valence-electron chi connectivity index (χ1n) is 9.29. The lowest BCUT2D eigenvalue weighted by molar-refractivity contribution is -0.116. The predicted octanol–water partition coefficient (Wildman–Crippen LogP) is 3.95. The number of aromatic carboxylic acids is 1. The zero-order valence-corrected chi connectivity index (χ0v) is 16.6. The fourth-order valence-electron chi connectivity index (χ4n) is 3.89. The Morgan fingerprint density at radius 1 is 1.13 bits per heavy atom. The standard InChI is InChI=1S/C22H18F2N2O5/c1-30-14-3-4-15(18(8-14)31-2)16-9-19(27)25-20-17(22(28)29)10-26(21(16)20)13-6-11(23)5-12(24)7-13/h3-8,10,16H,9H2,1-2H3,(H,25,27)(H,28,29)/t16-/m0/s1. The first kappa shape index (κ1) is 20.4. The molecule has 9 heteroatoms. The van der Waals surface area contributed by atoms with Crippen molar-refractivity contribution in [3.05, 3.63) is 71.1 Å². The number of anilines is 1. The van der Waals surface area contributed by atoms with Crippen molar-refractivity contribution in [3.8, 4) is 17.2 Å². The molecule has 4 rings (SSSR count). The number of hydrogen-bond donors (Lipinski definition) is 2. The van der Waals surface area contributed by atoms with Gasteiger partial charge in [-0.15, -0.1) is 0 Å². The van der Waals surface area contributed by atoms with Crippen LogP contribution >= 0.6 is 0 Å². The predicted molar refractivity (Wildman–Crippen MR) is 107 cm³/mol. The van der Waals surface area contributed by atoms with Crippen LogP contribution in [0.5, 0.6) is 11.5 Å². The van der Waals surface area contributed by atoms with Gasteiger partial charge in [-0.25, -0.2) is 13.6 Å². The Morgan fingerprint density at radius 3 is 2.45 bits per heavy atom. The van der Waals surface area contributed by atoms with Crippen molar-refractivity contribution >= 4 is 17.6 Å². The fourth-order valence-corrected chi connectivity index (χ4v) is 3.89. The number of carboxylic acid groups (broad SMARTS) is 1. The van der Waals surface area contributed by atoms with Crippen LogP contribution in [0.25, 0.3) is 5.69 Å². The van der Waals surface area contributed by atoms with Crippen molar-refractivity contribution in [2.75, 3.05) is 19.5 Å². The van der Waals surface area contributed by atoms with Crippen LogP contribution in [0.3, 0.4) is 0 Å². The van der Waals surface area contributed by atoms with Crippen LogP contribution in [0.2, 0.25) is 0 Å². The zero-order valence-electron chi connectivity index (χ0n) is 16.6. The zero-order chi connectivity index (χ0) is 22.3. The highest BCUT2D eigenvalue weighted by atomic mass is 19.1. The van der Waals surface area contributed by atoms with Crippen molar-refractivity contribution in [2.24, 2.45) is 0 Å². The van der Waals surface area contributed by atoms with Crippen molar-refractivity contribution in [1.29, 1.82) is 0 Å². The normalized spacial score (nSPS) is 15.2. The first-order valence-corrected chi connectivity index (χ1v) is 9.29. The third kappa shape index (κ3) is 3.58. The second-order valence-electron chi connectivity index (χ2n) is 7.02. The molecule has 160 valence electrons. The van der Waals surface area contributed by atoms with Gasteiger partial charge in [-0.05, 0) is 18.2 Å². The van der Waals surface area contributed by atoms with Gasteiger partial charge in [0, 0.05) is 36.2 Å². The molecule has 0 aliphatic carbocycles. The van der Waals surface area contributed by atoms with E-state index in [9.17, 15) is 23.5 Å². The molecule has 3 aromatic rings. The molecule has 0 fully saturated rings. The smallest absolute Gasteiger partial charge is 0.339 e. The van der Waals surface area contributed by atoms with Gasteiger partial charge >= 0.3 is 5.97 Å². The molecule has 31 heavy (non-hydrogen) atoms. The molecule has 0 spiro atoms. The maximum Gasteiger partial charge on any atom is 0.339 e. The minimum Gasteiger partial charge on any atom is -0.497 e. The number of rotatable bonds is 5. The monoisotopic (exact) mass is 428 g/mol. The minimum absolute atomic E-state index is 0.0173. The van der Waals surface area contributed by atoms with Gasteiger partial charge in [0.25, 0.3) is 0 Å². The summed E-state index contributed by atoms with van der Waals surface area (Å²) in [5.41, 5.74) is 0.967. The molecule has 7 nitrogen and oxygen atoms in total. The number of carboxylic acids is 1. The SMILES string of the molecule is COc1ccc([C@@H]2CC(=O)Nc3c(C(=O)O)cn(-c4cc(F)cc(F)c4)c32)c(OC)c1.